The molecule has 0 fully saturated rings. The average molecular weight is 264 g/mol. The quantitative estimate of drug-likeness (QED) is 0.610. The molecule has 1 amide bonds. The smallest absolute Gasteiger partial charge is 0.254 e. The van der Waals surface area contributed by atoms with Crippen LogP contribution in [0.4, 0.5) is 5.82 Å². The summed E-state index contributed by atoms with van der Waals surface area (Å²) in [6.45, 7) is 8.88. The van der Waals surface area contributed by atoms with Gasteiger partial charge >= 0.3 is 0 Å². The third-order valence-electron chi connectivity index (χ3n) is 2.98. The zero-order valence-corrected chi connectivity index (χ0v) is 12.2. The van der Waals surface area contributed by atoms with Crippen LogP contribution in [0.25, 0.3) is 0 Å². The fourth-order valence-corrected chi connectivity index (χ4v) is 1.97. The Balaban J connectivity index is 3.09. The number of aromatic nitrogens is 1. The molecule has 0 aliphatic carbocycles. The van der Waals surface area contributed by atoms with Gasteiger partial charge in [-0.05, 0) is 38.8 Å². The molecular formula is C14H24N4O. The summed E-state index contributed by atoms with van der Waals surface area (Å²) in [6.07, 6.45) is 1.71. The SMILES string of the molecule is CCCN(C(=O)c1cc(CC)nc(NN)c1)C(C)C. The molecule has 5 nitrogen and oxygen atoms in total. The van der Waals surface area contributed by atoms with Crippen molar-refractivity contribution in [3.8, 4) is 0 Å². The second-order valence-electron chi connectivity index (χ2n) is 4.82. The number of hydrazine groups is 1. The van der Waals surface area contributed by atoms with Crippen LogP contribution < -0.4 is 11.3 Å². The number of rotatable bonds is 6. The van der Waals surface area contributed by atoms with Crippen molar-refractivity contribution in [3.63, 3.8) is 0 Å². The first-order valence-electron chi connectivity index (χ1n) is 6.82. The Hall–Kier alpha value is -1.62. The van der Waals surface area contributed by atoms with Gasteiger partial charge in [-0.2, -0.15) is 0 Å². The van der Waals surface area contributed by atoms with Crippen molar-refractivity contribution >= 4 is 11.7 Å². The fourth-order valence-electron chi connectivity index (χ4n) is 1.97. The summed E-state index contributed by atoms with van der Waals surface area (Å²) in [4.78, 5) is 18.7. The predicted octanol–water partition coefficient (Wildman–Crippen LogP) is 2.19. The van der Waals surface area contributed by atoms with Crippen LogP contribution >= 0.6 is 0 Å². The molecule has 0 atom stereocenters. The van der Waals surface area contributed by atoms with Crippen LogP contribution in [0, 0.1) is 0 Å². The number of nitrogens with zero attached hydrogens (tertiary/aromatic N) is 2. The number of aryl methyl sites for hydroxylation is 1. The van der Waals surface area contributed by atoms with Crippen molar-refractivity contribution in [2.45, 2.75) is 46.6 Å². The maximum atomic E-state index is 12.5. The third kappa shape index (κ3) is 3.92. The van der Waals surface area contributed by atoms with Crippen molar-refractivity contribution in [3.05, 3.63) is 23.4 Å². The number of carbonyl (C=O) groups is 1. The normalized spacial score (nSPS) is 10.6. The lowest BCUT2D eigenvalue weighted by Gasteiger charge is -2.26. The first-order chi connectivity index (χ1) is 9.03. The maximum absolute atomic E-state index is 12.5. The molecule has 0 saturated carbocycles. The van der Waals surface area contributed by atoms with Crippen LogP contribution in [0.5, 0.6) is 0 Å². The van der Waals surface area contributed by atoms with E-state index in [1.165, 1.54) is 0 Å². The van der Waals surface area contributed by atoms with Crippen LogP contribution in [0.3, 0.4) is 0 Å². The lowest BCUT2D eigenvalue weighted by Crippen LogP contribution is -2.37. The van der Waals surface area contributed by atoms with Crippen molar-refractivity contribution in [2.75, 3.05) is 12.0 Å². The Morgan fingerprint density at radius 3 is 2.58 bits per heavy atom. The Morgan fingerprint density at radius 1 is 1.42 bits per heavy atom. The van der Waals surface area contributed by atoms with Gasteiger partial charge in [0.25, 0.3) is 5.91 Å². The molecule has 1 rings (SSSR count). The first-order valence-corrected chi connectivity index (χ1v) is 6.82. The molecule has 1 aromatic rings. The van der Waals surface area contributed by atoms with Crippen LogP contribution in [0.2, 0.25) is 0 Å². The van der Waals surface area contributed by atoms with E-state index in [4.69, 9.17) is 5.84 Å². The lowest BCUT2D eigenvalue weighted by molar-refractivity contribution is 0.0705. The van der Waals surface area contributed by atoms with E-state index < -0.39 is 0 Å². The zero-order chi connectivity index (χ0) is 14.4. The summed E-state index contributed by atoms with van der Waals surface area (Å²) < 4.78 is 0. The van der Waals surface area contributed by atoms with Crippen molar-refractivity contribution in [1.82, 2.24) is 9.88 Å². The van der Waals surface area contributed by atoms with E-state index in [2.05, 4.69) is 17.3 Å². The summed E-state index contributed by atoms with van der Waals surface area (Å²) in [5, 5.41) is 0. The monoisotopic (exact) mass is 264 g/mol. The average Bonchev–Trinajstić information content (AvgIpc) is 2.42. The van der Waals surface area contributed by atoms with Crippen LogP contribution in [-0.4, -0.2) is 28.4 Å². The minimum atomic E-state index is 0.0328. The molecule has 106 valence electrons. The number of nitrogens with two attached hydrogens (primary N) is 1. The van der Waals surface area contributed by atoms with Crippen LogP contribution in [-0.2, 0) is 6.42 Å². The minimum absolute atomic E-state index is 0.0328. The Kier molecular flexibility index (Phi) is 5.76. The lowest BCUT2D eigenvalue weighted by atomic mass is 10.1. The number of nitrogen functional groups attached to an aromatic ring is 1. The summed E-state index contributed by atoms with van der Waals surface area (Å²) in [6, 6.07) is 3.72. The molecule has 3 N–H and O–H groups in total. The van der Waals surface area contributed by atoms with Gasteiger partial charge < -0.3 is 10.3 Å². The molecule has 0 aromatic carbocycles. The standard InChI is InChI=1S/C14H24N4O/c1-5-7-18(10(3)4)14(19)11-8-12(6-2)16-13(9-11)17-15/h8-10H,5-7,15H2,1-4H3,(H,16,17). The van der Waals surface area contributed by atoms with Crippen molar-refractivity contribution in [2.24, 2.45) is 5.84 Å². The molecule has 0 bridgehead atoms. The summed E-state index contributed by atoms with van der Waals surface area (Å²) in [5.41, 5.74) is 4.02. The van der Waals surface area contributed by atoms with Gasteiger partial charge in [0.1, 0.15) is 5.82 Å². The number of pyridine rings is 1. The van der Waals surface area contributed by atoms with E-state index in [1.54, 1.807) is 6.07 Å². The van der Waals surface area contributed by atoms with Crippen LogP contribution in [0.15, 0.2) is 12.1 Å². The molecule has 0 radical (unpaired) electrons. The van der Waals surface area contributed by atoms with E-state index in [9.17, 15) is 4.79 Å². The number of hydrogen-bond acceptors (Lipinski definition) is 4. The summed E-state index contributed by atoms with van der Waals surface area (Å²) in [5.74, 6) is 5.96. The van der Waals surface area contributed by atoms with Gasteiger partial charge in [0, 0.05) is 23.8 Å². The number of anilines is 1. The zero-order valence-electron chi connectivity index (χ0n) is 12.2. The van der Waals surface area contributed by atoms with E-state index in [1.807, 2.05) is 31.7 Å². The molecule has 5 heteroatoms. The van der Waals surface area contributed by atoms with Gasteiger partial charge in [0.2, 0.25) is 0 Å². The second-order valence-corrected chi connectivity index (χ2v) is 4.82. The second kappa shape index (κ2) is 7.09. The molecule has 1 heterocycles. The Morgan fingerprint density at radius 2 is 2.11 bits per heavy atom. The molecule has 0 spiro atoms. The van der Waals surface area contributed by atoms with Crippen LogP contribution in [0.1, 0.15) is 50.2 Å². The van der Waals surface area contributed by atoms with Gasteiger partial charge in [-0.15, -0.1) is 0 Å². The number of nitrogens with one attached hydrogen (secondary N) is 1. The van der Waals surface area contributed by atoms with E-state index in [0.717, 1.165) is 25.1 Å². The molecule has 0 aliphatic heterocycles. The maximum Gasteiger partial charge on any atom is 0.254 e. The highest BCUT2D eigenvalue weighted by Gasteiger charge is 2.19. The highest BCUT2D eigenvalue weighted by molar-refractivity contribution is 5.95. The largest absolute Gasteiger partial charge is 0.336 e. The molecular weight excluding hydrogens is 240 g/mol. The minimum Gasteiger partial charge on any atom is -0.336 e. The number of carbonyl (C=O) groups excluding carboxylic acids is 1. The van der Waals surface area contributed by atoms with E-state index in [0.29, 0.717) is 11.4 Å². The van der Waals surface area contributed by atoms with Gasteiger partial charge in [-0.3, -0.25) is 4.79 Å². The third-order valence-corrected chi connectivity index (χ3v) is 2.98. The molecule has 19 heavy (non-hydrogen) atoms. The van der Waals surface area contributed by atoms with E-state index in [-0.39, 0.29) is 11.9 Å². The molecule has 1 aromatic heterocycles. The van der Waals surface area contributed by atoms with Gasteiger partial charge in [0.05, 0.1) is 0 Å². The fraction of sp³-hybridized carbons (Fsp3) is 0.571. The Labute approximate surface area is 115 Å². The topological polar surface area (TPSA) is 71.2 Å². The molecule has 0 saturated heterocycles. The van der Waals surface area contributed by atoms with Crippen molar-refractivity contribution in [1.29, 1.82) is 0 Å². The highest BCUT2D eigenvalue weighted by Crippen LogP contribution is 2.14. The van der Waals surface area contributed by atoms with Gasteiger partial charge in [-0.25, -0.2) is 10.8 Å². The first kappa shape index (κ1) is 15.4. The molecule has 0 unspecified atom stereocenters. The summed E-state index contributed by atoms with van der Waals surface area (Å²) >= 11 is 0. The number of amides is 1. The summed E-state index contributed by atoms with van der Waals surface area (Å²) in [7, 11) is 0. The van der Waals surface area contributed by atoms with Crippen molar-refractivity contribution < 1.29 is 4.79 Å². The Bertz CT molecular complexity index is 409. The molecule has 0 aliphatic rings. The number of hydrogen-bond donors (Lipinski definition) is 2. The van der Waals surface area contributed by atoms with Gasteiger partial charge in [-0.1, -0.05) is 13.8 Å². The van der Waals surface area contributed by atoms with E-state index >= 15 is 0 Å². The highest BCUT2D eigenvalue weighted by atomic mass is 16.2. The van der Waals surface area contributed by atoms with Gasteiger partial charge in [0.15, 0.2) is 0 Å². The predicted molar refractivity (Wildman–Crippen MR) is 77.9 cm³/mol.